The van der Waals surface area contributed by atoms with E-state index >= 15 is 0 Å². The SMILES string of the molecule is Cc1nnc(NCc2ccnc3ccnn23)c(C#N)c1C. The molecule has 0 fully saturated rings. The van der Waals surface area contributed by atoms with E-state index < -0.39 is 0 Å². The van der Waals surface area contributed by atoms with Crippen LogP contribution in [0.1, 0.15) is 22.5 Å². The lowest BCUT2D eigenvalue weighted by Crippen LogP contribution is -2.10. The molecule has 21 heavy (non-hydrogen) atoms. The highest BCUT2D eigenvalue weighted by Gasteiger charge is 2.11. The summed E-state index contributed by atoms with van der Waals surface area (Å²) in [4.78, 5) is 4.21. The first kappa shape index (κ1) is 13.0. The highest BCUT2D eigenvalue weighted by atomic mass is 15.3. The number of fused-ring (bicyclic) bond motifs is 1. The summed E-state index contributed by atoms with van der Waals surface area (Å²) in [6, 6.07) is 5.88. The maximum Gasteiger partial charge on any atom is 0.167 e. The van der Waals surface area contributed by atoms with Crippen molar-refractivity contribution < 1.29 is 0 Å². The number of nitriles is 1. The summed E-state index contributed by atoms with van der Waals surface area (Å²) >= 11 is 0. The number of nitrogens with one attached hydrogen (secondary N) is 1. The van der Waals surface area contributed by atoms with E-state index in [1.807, 2.05) is 26.0 Å². The molecule has 0 bridgehead atoms. The molecule has 0 atom stereocenters. The zero-order chi connectivity index (χ0) is 14.8. The third-order valence-electron chi connectivity index (χ3n) is 3.37. The van der Waals surface area contributed by atoms with Gasteiger partial charge in [0, 0.05) is 12.3 Å². The van der Waals surface area contributed by atoms with Gasteiger partial charge in [-0.25, -0.2) is 9.50 Å². The Hall–Kier alpha value is -3.01. The van der Waals surface area contributed by atoms with Gasteiger partial charge in [-0.3, -0.25) is 0 Å². The first-order valence-electron chi connectivity index (χ1n) is 6.46. The molecule has 3 aromatic rings. The van der Waals surface area contributed by atoms with E-state index in [-0.39, 0.29) is 0 Å². The summed E-state index contributed by atoms with van der Waals surface area (Å²) in [5, 5.41) is 24.8. The molecule has 3 aromatic heterocycles. The molecule has 7 nitrogen and oxygen atoms in total. The van der Waals surface area contributed by atoms with E-state index in [2.05, 4.69) is 31.7 Å². The Morgan fingerprint density at radius 3 is 2.90 bits per heavy atom. The zero-order valence-electron chi connectivity index (χ0n) is 11.7. The van der Waals surface area contributed by atoms with Gasteiger partial charge in [0.05, 0.1) is 24.1 Å². The highest BCUT2D eigenvalue weighted by molar-refractivity contribution is 5.55. The lowest BCUT2D eigenvalue weighted by atomic mass is 10.1. The molecule has 0 unspecified atom stereocenters. The summed E-state index contributed by atoms with van der Waals surface area (Å²) in [6.07, 6.45) is 3.42. The molecule has 0 aliphatic carbocycles. The molecular weight excluding hydrogens is 266 g/mol. The van der Waals surface area contributed by atoms with Crippen LogP contribution in [0, 0.1) is 25.2 Å². The van der Waals surface area contributed by atoms with Crippen LogP contribution in [0.2, 0.25) is 0 Å². The van der Waals surface area contributed by atoms with Crippen molar-refractivity contribution >= 4 is 11.5 Å². The Bertz CT molecular complexity index is 844. The fraction of sp³-hybridized carbons (Fsp3) is 0.214. The Morgan fingerprint density at radius 2 is 2.10 bits per heavy atom. The van der Waals surface area contributed by atoms with Crippen molar-refractivity contribution in [1.82, 2.24) is 24.8 Å². The van der Waals surface area contributed by atoms with Gasteiger partial charge >= 0.3 is 0 Å². The Labute approximate surface area is 121 Å². The fourth-order valence-electron chi connectivity index (χ4n) is 2.06. The third kappa shape index (κ3) is 2.27. The van der Waals surface area contributed by atoms with E-state index in [9.17, 15) is 5.26 Å². The van der Waals surface area contributed by atoms with Gasteiger partial charge in [0.25, 0.3) is 0 Å². The number of rotatable bonds is 3. The van der Waals surface area contributed by atoms with Crippen molar-refractivity contribution in [2.24, 2.45) is 0 Å². The van der Waals surface area contributed by atoms with E-state index in [1.54, 1.807) is 16.9 Å². The number of hydrogen-bond acceptors (Lipinski definition) is 6. The van der Waals surface area contributed by atoms with Gasteiger partial charge < -0.3 is 5.32 Å². The van der Waals surface area contributed by atoms with Crippen molar-refractivity contribution in [3.63, 3.8) is 0 Å². The van der Waals surface area contributed by atoms with Crippen LogP contribution < -0.4 is 5.32 Å². The van der Waals surface area contributed by atoms with Crippen LogP contribution in [0.3, 0.4) is 0 Å². The van der Waals surface area contributed by atoms with E-state index in [4.69, 9.17) is 0 Å². The lowest BCUT2D eigenvalue weighted by Gasteiger charge is -2.10. The zero-order valence-corrected chi connectivity index (χ0v) is 11.7. The third-order valence-corrected chi connectivity index (χ3v) is 3.37. The second-order valence-corrected chi connectivity index (χ2v) is 4.64. The normalized spacial score (nSPS) is 10.5. The van der Waals surface area contributed by atoms with Gasteiger partial charge in [-0.1, -0.05) is 0 Å². The highest BCUT2D eigenvalue weighted by Crippen LogP contribution is 2.17. The van der Waals surface area contributed by atoms with Gasteiger partial charge in [-0.15, -0.1) is 5.10 Å². The van der Waals surface area contributed by atoms with Crippen molar-refractivity contribution in [1.29, 1.82) is 5.26 Å². The van der Waals surface area contributed by atoms with Crippen molar-refractivity contribution in [3.05, 3.63) is 47.0 Å². The molecule has 0 radical (unpaired) electrons. The second kappa shape index (κ2) is 5.17. The Morgan fingerprint density at radius 1 is 1.24 bits per heavy atom. The second-order valence-electron chi connectivity index (χ2n) is 4.64. The van der Waals surface area contributed by atoms with Crippen LogP contribution in [0.15, 0.2) is 24.5 Å². The molecule has 0 amide bonds. The number of hydrogen-bond donors (Lipinski definition) is 1. The predicted molar refractivity (Wildman–Crippen MR) is 76.5 cm³/mol. The van der Waals surface area contributed by atoms with Crippen LogP contribution >= 0.6 is 0 Å². The molecule has 0 aliphatic heterocycles. The average molecular weight is 279 g/mol. The van der Waals surface area contributed by atoms with Gasteiger partial charge in [-0.2, -0.15) is 15.5 Å². The number of aromatic nitrogens is 5. The minimum Gasteiger partial charge on any atom is -0.362 e. The van der Waals surface area contributed by atoms with Crippen LogP contribution in [0.4, 0.5) is 5.82 Å². The molecular formula is C14H13N7. The first-order chi connectivity index (χ1) is 10.2. The monoisotopic (exact) mass is 279 g/mol. The summed E-state index contributed by atoms with van der Waals surface area (Å²) in [6.45, 7) is 4.18. The minimum atomic E-state index is 0.479. The Balaban J connectivity index is 1.91. The molecule has 0 aromatic carbocycles. The van der Waals surface area contributed by atoms with Crippen molar-refractivity contribution in [2.45, 2.75) is 20.4 Å². The van der Waals surface area contributed by atoms with Gasteiger partial charge in [0.1, 0.15) is 11.6 Å². The molecule has 104 valence electrons. The largest absolute Gasteiger partial charge is 0.362 e. The number of aryl methyl sites for hydroxylation is 1. The lowest BCUT2D eigenvalue weighted by molar-refractivity contribution is 0.845. The summed E-state index contributed by atoms with van der Waals surface area (Å²) in [5.74, 6) is 0.484. The molecule has 3 heterocycles. The molecule has 0 aliphatic rings. The smallest absolute Gasteiger partial charge is 0.167 e. The van der Waals surface area contributed by atoms with Gasteiger partial charge in [0.2, 0.25) is 0 Å². The molecule has 1 N–H and O–H groups in total. The van der Waals surface area contributed by atoms with Crippen LogP contribution in [0.25, 0.3) is 5.65 Å². The Kier molecular flexibility index (Phi) is 3.20. The minimum absolute atomic E-state index is 0.479. The van der Waals surface area contributed by atoms with Gasteiger partial charge in [-0.05, 0) is 25.5 Å². The maximum atomic E-state index is 9.27. The number of nitrogens with zero attached hydrogens (tertiary/aromatic N) is 6. The molecule has 0 spiro atoms. The summed E-state index contributed by atoms with van der Waals surface area (Å²) in [5.41, 5.74) is 3.83. The standard InChI is InChI=1S/C14H13N7/c1-9-10(2)19-20-14(12(9)7-15)17-8-11-3-5-16-13-4-6-18-21(11)13/h3-6H,8H2,1-2H3,(H,17,20). The number of anilines is 1. The fourth-order valence-corrected chi connectivity index (χ4v) is 2.06. The first-order valence-corrected chi connectivity index (χ1v) is 6.46. The van der Waals surface area contributed by atoms with E-state index in [0.29, 0.717) is 17.9 Å². The molecule has 0 saturated heterocycles. The summed E-state index contributed by atoms with van der Waals surface area (Å²) < 4.78 is 1.74. The predicted octanol–water partition coefficient (Wildman–Crippen LogP) is 1.62. The average Bonchev–Trinajstić information content (AvgIpc) is 2.97. The maximum absolute atomic E-state index is 9.27. The van der Waals surface area contributed by atoms with E-state index in [0.717, 1.165) is 22.6 Å². The molecule has 7 heteroatoms. The van der Waals surface area contributed by atoms with E-state index in [1.165, 1.54) is 0 Å². The molecule has 3 rings (SSSR count). The van der Waals surface area contributed by atoms with Crippen molar-refractivity contribution in [2.75, 3.05) is 5.32 Å². The van der Waals surface area contributed by atoms with Crippen LogP contribution in [0.5, 0.6) is 0 Å². The topological polar surface area (TPSA) is 91.8 Å². The summed E-state index contributed by atoms with van der Waals surface area (Å²) in [7, 11) is 0. The van der Waals surface area contributed by atoms with Crippen LogP contribution in [-0.4, -0.2) is 24.8 Å². The molecule has 0 saturated carbocycles. The van der Waals surface area contributed by atoms with Crippen molar-refractivity contribution in [3.8, 4) is 6.07 Å². The quantitative estimate of drug-likeness (QED) is 0.783. The van der Waals surface area contributed by atoms with Crippen LogP contribution in [-0.2, 0) is 6.54 Å². The van der Waals surface area contributed by atoms with Gasteiger partial charge in [0.15, 0.2) is 11.5 Å².